The zero-order valence-electron chi connectivity index (χ0n) is 13.8. The molecule has 0 bridgehead atoms. The van der Waals surface area contributed by atoms with Crippen LogP contribution in [0.2, 0.25) is 0 Å². The summed E-state index contributed by atoms with van der Waals surface area (Å²) in [6.07, 6.45) is 8.86. The van der Waals surface area contributed by atoms with Crippen LogP contribution in [0.5, 0.6) is 0 Å². The Balaban J connectivity index is 1.20. The molecule has 0 amide bonds. The van der Waals surface area contributed by atoms with E-state index in [1.807, 2.05) is 0 Å². The number of nitrogens with one attached hydrogen (secondary N) is 1. The van der Waals surface area contributed by atoms with Crippen molar-refractivity contribution in [3.8, 4) is 0 Å². The Labute approximate surface area is 130 Å². The fourth-order valence-corrected chi connectivity index (χ4v) is 5.05. The first-order chi connectivity index (χ1) is 10.2. The molecule has 4 rings (SSSR count). The molecule has 1 N–H and O–H groups in total. The van der Waals surface area contributed by atoms with E-state index < -0.39 is 0 Å². The lowest BCUT2D eigenvalue weighted by Crippen LogP contribution is -2.57. The van der Waals surface area contributed by atoms with Gasteiger partial charge in [-0.15, -0.1) is 0 Å². The zero-order valence-corrected chi connectivity index (χ0v) is 13.8. The highest BCUT2D eigenvalue weighted by Crippen LogP contribution is 2.51. The van der Waals surface area contributed by atoms with Crippen LogP contribution in [0.3, 0.4) is 0 Å². The number of hydrogen-bond acceptors (Lipinski definition) is 3. The number of likely N-dealkylation sites (tertiary alicyclic amines) is 2. The van der Waals surface area contributed by atoms with Gasteiger partial charge in [-0.1, -0.05) is 6.92 Å². The lowest BCUT2D eigenvalue weighted by atomic mass is 9.59. The average Bonchev–Trinajstić information content (AvgIpc) is 2.42. The zero-order chi connectivity index (χ0) is 14.3. The minimum Gasteiger partial charge on any atom is -0.316 e. The molecule has 0 aromatic heterocycles. The second-order valence-electron chi connectivity index (χ2n) is 8.61. The van der Waals surface area contributed by atoms with Crippen LogP contribution in [0.4, 0.5) is 0 Å². The minimum atomic E-state index is 0.752. The van der Waals surface area contributed by atoms with Gasteiger partial charge in [0, 0.05) is 25.7 Å². The molecule has 0 radical (unpaired) electrons. The first-order valence-electron chi connectivity index (χ1n) is 9.40. The van der Waals surface area contributed by atoms with E-state index in [2.05, 4.69) is 22.0 Å². The van der Waals surface area contributed by atoms with Crippen LogP contribution >= 0.6 is 0 Å². The predicted molar refractivity (Wildman–Crippen MR) is 87.5 cm³/mol. The SMILES string of the molecule is CC1CCN(C2CC3(CCN(CC4CNC4)CC3)C2)CC1. The van der Waals surface area contributed by atoms with Crippen LogP contribution in [-0.4, -0.2) is 61.7 Å². The first kappa shape index (κ1) is 14.5. The van der Waals surface area contributed by atoms with Crippen LogP contribution in [0.15, 0.2) is 0 Å². The third-order valence-corrected chi connectivity index (χ3v) is 6.97. The van der Waals surface area contributed by atoms with Gasteiger partial charge in [0.05, 0.1) is 0 Å². The minimum absolute atomic E-state index is 0.752. The van der Waals surface area contributed by atoms with Gasteiger partial charge in [0.2, 0.25) is 0 Å². The second kappa shape index (κ2) is 5.82. The maximum atomic E-state index is 3.40. The predicted octanol–water partition coefficient (Wildman–Crippen LogP) is 2.18. The molecule has 1 spiro atoms. The van der Waals surface area contributed by atoms with E-state index in [0.29, 0.717) is 0 Å². The quantitative estimate of drug-likeness (QED) is 0.860. The van der Waals surface area contributed by atoms with Gasteiger partial charge >= 0.3 is 0 Å². The Morgan fingerprint density at radius 3 is 2.24 bits per heavy atom. The number of piperidine rings is 2. The van der Waals surface area contributed by atoms with E-state index in [0.717, 1.165) is 23.3 Å². The summed E-state index contributed by atoms with van der Waals surface area (Å²) in [6, 6.07) is 0.944. The molecule has 4 fully saturated rings. The molecule has 120 valence electrons. The van der Waals surface area contributed by atoms with E-state index in [4.69, 9.17) is 0 Å². The molecule has 4 aliphatic rings. The maximum Gasteiger partial charge on any atom is 0.0106 e. The normalized spacial score (nSPS) is 33.0. The molecule has 1 saturated carbocycles. The summed E-state index contributed by atoms with van der Waals surface area (Å²) in [7, 11) is 0. The molecule has 0 atom stereocenters. The van der Waals surface area contributed by atoms with Crippen molar-refractivity contribution in [2.24, 2.45) is 17.3 Å². The summed E-state index contributed by atoms with van der Waals surface area (Å²) in [5.74, 6) is 1.92. The third-order valence-electron chi connectivity index (χ3n) is 6.97. The Kier molecular flexibility index (Phi) is 4.01. The Morgan fingerprint density at radius 2 is 1.67 bits per heavy atom. The molecule has 3 saturated heterocycles. The second-order valence-corrected chi connectivity index (χ2v) is 8.61. The average molecular weight is 291 g/mol. The summed E-state index contributed by atoms with van der Waals surface area (Å²) in [6.45, 7) is 11.8. The van der Waals surface area contributed by atoms with Crippen LogP contribution < -0.4 is 5.32 Å². The van der Waals surface area contributed by atoms with Crippen molar-refractivity contribution in [1.82, 2.24) is 15.1 Å². The van der Waals surface area contributed by atoms with Gasteiger partial charge in [-0.2, -0.15) is 0 Å². The molecule has 0 unspecified atom stereocenters. The Bertz CT molecular complexity index is 341. The highest BCUT2D eigenvalue weighted by molar-refractivity contribution is 5.02. The van der Waals surface area contributed by atoms with Crippen LogP contribution in [0.1, 0.15) is 45.4 Å². The van der Waals surface area contributed by atoms with E-state index >= 15 is 0 Å². The van der Waals surface area contributed by atoms with E-state index in [-0.39, 0.29) is 0 Å². The van der Waals surface area contributed by atoms with Crippen LogP contribution in [0, 0.1) is 17.3 Å². The van der Waals surface area contributed by atoms with E-state index in [1.54, 1.807) is 0 Å². The van der Waals surface area contributed by atoms with Gasteiger partial charge in [0.25, 0.3) is 0 Å². The number of hydrogen-bond donors (Lipinski definition) is 1. The van der Waals surface area contributed by atoms with Crippen molar-refractivity contribution in [2.75, 3.05) is 45.8 Å². The lowest BCUT2D eigenvalue weighted by Gasteiger charge is -2.56. The van der Waals surface area contributed by atoms with Crippen molar-refractivity contribution in [2.45, 2.75) is 51.5 Å². The molecule has 0 aromatic carbocycles. The van der Waals surface area contributed by atoms with Crippen molar-refractivity contribution in [3.05, 3.63) is 0 Å². The molecule has 1 aliphatic carbocycles. The molecular formula is C18H33N3. The van der Waals surface area contributed by atoms with Gasteiger partial charge in [0.15, 0.2) is 0 Å². The van der Waals surface area contributed by atoms with Crippen molar-refractivity contribution >= 4 is 0 Å². The van der Waals surface area contributed by atoms with Crippen molar-refractivity contribution in [3.63, 3.8) is 0 Å². The van der Waals surface area contributed by atoms with E-state index in [1.165, 1.54) is 84.3 Å². The first-order valence-corrected chi connectivity index (χ1v) is 9.40. The van der Waals surface area contributed by atoms with Gasteiger partial charge in [0.1, 0.15) is 0 Å². The van der Waals surface area contributed by atoms with Gasteiger partial charge < -0.3 is 15.1 Å². The van der Waals surface area contributed by atoms with Gasteiger partial charge in [-0.05, 0) is 82.0 Å². The van der Waals surface area contributed by atoms with Crippen molar-refractivity contribution < 1.29 is 0 Å². The van der Waals surface area contributed by atoms with E-state index in [9.17, 15) is 0 Å². The summed E-state index contributed by atoms with van der Waals surface area (Å²) >= 11 is 0. The van der Waals surface area contributed by atoms with Crippen molar-refractivity contribution in [1.29, 1.82) is 0 Å². The molecule has 21 heavy (non-hydrogen) atoms. The molecular weight excluding hydrogens is 258 g/mol. The van der Waals surface area contributed by atoms with Gasteiger partial charge in [-0.3, -0.25) is 0 Å². The Morgan fingerprint density at radius 1 is 1.00 bits per heavy atom. The fourth-order valence-electron chi connectivity index (χ4n) is 5.05. The molecule has 0 aromatic rings. The standard InChI is InChI=1S/C18H33N3/c1-15-2-6-21(7-3-15)17-10-18(11-17)4-8-20(9-5-18)14-16-12-19-13-16/h15-17,19H,2-14H2,1H3. The van der Waals surface area contributed by atoms with Gasteiger partial charge in [-0.25, -0.2) is 0 Å². The number of nitrogens with zero attached hydrogens (tertiary/aromatic N) is 2. The summed E-state index contributed by atoms with van der Waals surface area (Å²) in [5, 5.41) is 3.40. The lowest BCUT2D eigenvalue weighted by molar-refractivity contribution is -0.0536. The highest BCUT2D eigenvalue weighted by Gasteiger charge is 2.47. The largest absolute Gasteiger partial charge is 0.316 e. The molecule has 3 aliphatic heterocycles. The van der Waals surface area contributed by atoms with Crippen LogP contribution in [0.25, 0.3) is 0 Å². The Hall–Kier alpha value is -0.120. The van der Waals surface area contributed by atoms with Crippen LogP contribution in [-0.2, 0) is 0 Å². The third kappa shape index (κ3) is 3.02. The highest BCUT2D eigenvalue weighted by atomic mass is 15.2. The summed E-state index contributed by atoms with van der Waals surface area (Å²) in [5.41, 5.74) is 0.752. The monoisotopic (exact) mass is 291 g/mol. The fraction of sp³-hybridized carbons (Fsp3) is 1.00. The number of rotatable bonds is 3. The smallest absolute Gasteiger partial charge is 0.0106 e. The molecule has 3 heteroatoms. The maximum absolute atomic E-state index is 3.40. The summed E-state index contributed by atoms with van der Waals surface area (Å²) in [4.78, 5) is 5.56. The topological polar surface area (TPSA) is 18.5 Å². The summed E-state index contributed by atoms with van der Waals surface area (Å²) < 4.78 is 0. The molecule has 3 heterocycles. The molecule has 3 nitrogen and oxygen atoms in total.